The molecule has 0 bridgehead atoms. The number of aromatic amines is 1. The molecule has 1 saturated carbocycles. The van der Waals surface area contributed by atoms with E-state index in [1.165, 1.54) is 39.2 Å². The molecular formula is C22H31N3O4. The number of aromatic nitrogens is 2. The third-order valence-electron chi connectivity index (χ3n) is 5.83. The third-order valence-corrected chi connectivity index (χ3v) is 5.83. The van der Waals surface area contributed by atoms with Gasteiger partial charge in [-0.3, -0.25) is 9.59 Å². The van der Waals surface area contributed by atoms with Crippen molar-refractivity contribution in [1.29, 1.82) is 0 Å². The van der Waals surface area contributed by atoms with Crippen molar-refractivity contribution in [3.8, 4) is 11.5 Å². The molecule has 1 heterocycles. The van der Waals surface area contributed by atoms with E-state index in [-0.39, 0.29) is 11.5 Å². The van der Waals surface area contributed by atoms with Crippen LogP contribution in [0.1, 0.15) is 57.7 Å². The average molecular weight is 402 g/mol. The average Bonchev–Trinajstić information content (AvgIpc) is 2.75. The molecule has 3 rings (SSSR count). The van der Waals surface area contributed by atoms with E-state index in [0.29, 0.717) is 53.7 Å². The fraction of sp³-hybridized carbons (Fsp3) is 0.591. The fourth-order valence-corrected chi connectivity index (χ4v) is 4.11. The highest BCUT2D eigenvalue weighted by Gasteiger charge is 2.19. The van der Waals surface area contributed by atoms with Crippen LogP contribution in [0.15, 0.2) is 16.9 Å². The molecule has 7 heteroatoms. The van der Waals surface area contributed by atoms with Gasteiger partial charge < -0.3 is 19.4 Å². The number of carbonyl (C=O) groups is 1. The summed E-state index contributed by atoms with van der Waals surface area (Å²) >= 11 is 0. The second-order valence-electron chi connectivity index (χ2n) is 7.69. The number of hydrogen-bond acceptors (Lipinski definition) is 5. The summed E-state index contributed by atoms with van der Waals surface area (Å²) in [6, 6.07) is 3.31. The van der Waals surface area contributed by atoms with Gasteiger partial charge in [-0.25, -0.2) is 4.98 Å². The van der Waals surface area contributed by atoms with Gasteiger partial charge in [0.2, 0.25) is 5.91 Å². The topological polar surface area (TPSA) is 84.5 Å². The zero-order valence-electron chi connectivity index (χ0n) is 17.6. The van der Waals surface area contributed by atoms with Crippen LogP contribution in [-0.2, 0) is 11.3 Å². The second kappa shape index (κ2) is 9.76. The fourth-order valence-electron chi connectivity index (χ4n) is 4.11. The number of amides is 1. The van der Waals surface area contributed by atoms with E-state index < -0.39 is 0 Å². The molecule has 1 aromatic heterocycles. The highest BCUT2D eigenvalue weighted by Crippen LogP contribution is 2.30. The van der Waals surface area contributed by atoms with E-state index in [1.54, 1.807) is 24.1 Å². The van der Waals surface area contributed by atoms with Crippen LogP contribution in [0.5, 0.6) is 11.5 Å². The van der Waals surface area contributed by atoms with Crippen LogP contribution < -0.4 is 15.0 Å². The number of fused-ring (bicyclic) bond motifs is 1. The van der Waals surface area contributed by atoms with Gasteiger partial charge in [0.15, 0.2) is 11.5 Å². The van der Waals surface area contributed by atoms with Crippen molar-refractivity contribution in [2.24, 2.45) is 5.92 Å². The first kappa shape index (κ1) is 21.1. The maximum atomic E-state index is 12.7. The zero-order chi connectivity index (χ0) is 20.8. The Kier molecular flexibility index (Phi) is 7.12. The second-order valence-corrected chi connectivity index (χ2v) is 7.69. The lowest BCUT2D eigenvalue weighted by molar-refractivity contribution is -0.132. The number of rotatable bonds is 8. The number of benzene rings is 1. The largest absolute Gasteiger partial charge is 0.493 e. The number of methoxy groups -OCH3 is 2. The molecule has 29 heavy (non-hydrogen) atoms. The number of carbonyl (C=O) groups excluding carboxylic acids is 1. The molecule has 158 valence electrons. The van der Waals surface area contributed by atoms with E-state index in [9.17, 15) is 9.59 Å². The zero-order valence-corrected chi connectivity index (χ0v) is 17.6. The van der Waals surface area contributed by atoms with Gasteiger partial charge in [0.1, 0.15) is 5.82 Å². The summed E-state index contributed by atoms with van der Waals surface area (Å²) in [5.41, 5.74) is 0.267. The molecule has 1 aliphatic carbocycles. The number of nitrogens with one attached hydrogen (secondary N) is 1. The molecule has 1 aromatic carbocycles. The molecule has 1 amide bonds. The highest BCUT2D eigenvalue weighted by molar-refractivity contribution is 5.82. The van der Waals surface area contributed by atoms with Gasteiger partial charge in [-0.1, -0.05) is 32.1 Å². The summed E-state index contributed by atoms with van der Waals surface area (Å²) in [4.78, 5) is 34.4. The molecule has 1 fully saturated rings. The lowest BCUT2D eigenvalue weighted by atomic mass is 9.86. The normalized spacial score (nSPS) is 14.7. The van der Waals surface area contributed by atoms with Gasteiger partial charge in [0.05, 0.1) is 31.7 Å². The van der Waals surface area contributed by atoms with Crippen molar-refractivity contribution in [1.82, 2.24) is 14.9 Å². The van der Waals surface area contributed by atoms with Gasteiger partial charge in [-0.2, -0.15) is 0 Å². The van der Waals surface area contributed by atoms with Crippen LogP contribution in [0.4, 0.5) is 0 Å². The van der Waals surface area contributed by atoms with Crippen LogP contribution in [-0.4, -0.2) is 41.5 Å². The summed E-state index contributed by atoms with van der Waals surface area (Å²) in [6.45, 7) is 2.82. The van der Waals surface area contributed by atoms with Gasteiger partial charge >= 0.3 is 0 Å². The van der Waals surface area contributed by atoms with Gasteiger partial charge in [-0.05, 0) is 25.3 Å². The lowest BCUT2D eigenvalue weighted by Gasteiger charge is -2.24. The summed E-state index contributed by atoms with van der Waals surface area (Å²) in [5, 5.41) is 0.429. The molecule has 2 aromatic rings. The van der Waals surface area contributed by atoms with E-state index >= 15 is 0 Å². The number of H-pyrrole nitrogens is 1. The van der Waals surface area contributed by atoms with Crippen molar-refractivity contribution in [2.45, 2.75) is 58.4 Å². The smallest absolute Gasteiger partial charge is 0.258 e. The molecule has 0 atom stereocenters. The summed E-state index contributed by atoms with van der Waals surface area (Å²) in [5.74, 6) is 2.26. The molecular weight excluding hydrogens is 370 g/mol. The van der Waals surface area contributed by atoms with Crippen LogP contribution >= 0.6 is 0 Å². The van der Waals surface area contributed by atoms with E-state index in [2.05, 4.69) is 9.97 Å². The molecule has 1 N–H and O–H groups in total. The van der Waals surface area contributed by atoms with Gasteiger partial charge in [0.25, 0.3) is 5.56 Å². The molecule has 0 aliphatic heterocycles. The van der Waals surface area contributed by atoms with Crippen molar-refractivity contribution < 1.29 is 14.3 Å². The van der Waals surface area contributed by atoms with E-state index in [1.807, 2.05) is 6.92 Å². The molecule has 0 radical (unpaired) electrons. The Morgan fingerprint density at radius 2 is 1.86 bits per heavy atom. The minimum absolute atomic E-state index is 0.119. The summed E-state index contributed by atoms with van der Waals surface area (Å²) < 4.78 is 10.6. The van der Waals surface area contributed by atoms with Crippen molar-refractivity contribution in [3.63, 3.8) is 0 Å². The van der Waals surface area contributed by atoms with E-state index in [4.69, 9.17) is 9.47 Å². The first-order chi connectivity index (χ1) is 14.0. The standard InChI is InChI=1S/C22H31N3O4/c1-4-25(21(26)11-10-15-8-6-5-7-9-15)14-20-23-17-13-19(29-3)18(28-2)12-16(17)22(27)24-20/h12-13,15H,4-11,14H2,1-3H3,(H,23,24,27). The van der Waals surface area contributed by atoms with Gasteiger partial charge in [-0.15, -0.1) is 0 Å². The molecule has 0 saturated heterocycles. The molecule has 1 aliphatic rings. The molecule has 0 unspecified atom stereocenters. The van der Waals surface area contributed by atoms with Crippen molar-refractivity contribution in [3.05, 3.63) is 28.3 Å². The molecule has 0 spiro atoms. The predicted molar refractivity (Wildman–Crippen MR) is 112 cm³/mol. The number of nitrogens with zero attached hydrogens (tertiary/aromatic N) is 2. The van der Waals surface area contributed by atoms with Crippen LogP contribution in [0.3, 0.4) is 0 Å². The first-order valence-electron chi connectivity index (χ1n) is 10.5. The Morgan fingerprint density at radius 3 is 2.52 bits per heavy atom. The maximum absolute atomic E-state index is 12.7. The van der Waals surface area contributed by atoms with Gasteiger partial charge in [0, 0.05) is 19.0 Å². The summed E-state index contributed by atoms with van der Waals surface area (Å²) in [7, 11) is 3.07. The Balaban J connectivity index is 1.74. The lowest BCUT2D eigenvalue weighted by Crippen LogP contribution is -2.32. The van der Waals surface area contributed by atoms with Crippen molar-refractivity contribution >= 4 is 16.8 Å². The minimum atomic E-state index is -0.253. The quantitative estimate of drug-likeness (QED) is 0.730. The van der Waals surface area contributed by atoms with E-state index in [0.717, 1.165) is 6.42 Å². The SMILES string of the molecule is CCN(Cc1nc2cc(OC)c(OC)cc2c(=O)[nH]1)C(=O)CCC1CCCCC1. The van der Waals surface area contributed by atoms with Crippen LogP contribution in [0, 0.1) is 5.92 Å². The Labute approximate surface area is 171 Å². The minimum Gasteiger partial charge on any atom is -0.493 e. The molecule has 7 nitrogen and oxygen atoms in total. The van der Waals surface area contributed by atoms with Crippen LogP contribution in [0.25, 0.3) is 10.9 Å². The Hall–Kier alpha value is -2.57. The Bertz CT molecular complexity index is 903. The highest BCUT2D eigenvalue weighted by atomic mass is 16.5. The summed E-state index contributed by atoms with van der Waals surface area (Å²) in [6.07, 6.45) is 7.88. The monoisotopic (exact) mass is 401 g/mol. The predicted octanol–water partition coefficient (Wildman–Crippen LogP) is 3.65. The number of ether oxygens (including phenoxy) is 2. The number of hydrogen-bond donors (Lipinski definition) is 1. The third kappa shape index (κ3) is 5.08. The Morgan fingerprint density at radius 1 is 1.17 bits per heavy atom. The maximum Gasteiger partial charge on any atom is 0.258 e. The first-order valence-corrected chi connectivity index (χ1v) is 10.5. The van der Waals surface area contributed by atoms with Crippen LogP contribution in [0.2, 0.25) is 0 Å². The van der Waals surface area contributed by atoms with Crippen molar-refractivity contribution in [2.75, 3.05) is 20.8 Å².